The van der Waals surface area contributed by atoms with Gasteiger partial charge < -0.3 is 25.3 Å². The molecule has 1 aliphatic heterocycles. The van der Waals surface area contributed by atoms with Gasteiger partial charge in [-0.2, -0.15) is 0 Å². The van der Waals surface area contributed by atoms with Gasteiger partial charge >= 0.3 is 0 Å². The molecule has 146 valence electrons. The molecule has 3 rings (SSSR count). The van der Waals surface area contributed by atoms with Gasteiger partial charge in [0.05, 0.1) is 19.9 Å². The summed E-state index contributed by atoms with van der Waals surface area (Å²) in [4.78, 5) is 12.5. The van der Waals surface area contributed by atoms with E-state index in [1.165, 1.54) is 4.90 Å². The minimum absolute atomic E-state index is 0.0817. The second kappa shape index (κ2) is 10.5. The van der Waals surface area contributed by atoms with Gasteiger partial charge in [-0.3, -0.25) is 4.31 Å². The fourth-order valence-electron chi connectivity index (χ4n) is 2.38. The van der Waals surface area contributed by atoms with Crippen molar-refractivity contribution >= 4 is 35.7 Å². The van der Waals surface area contributed by atoms with Crippen LogP contribution in [0.15, 0.2) is 46.2 Å². The zero-order valence-electron chi connectivity index (χ0n) is 15.9. The average molecular weight is 408 g/mol. The largest absolute Gasteiger partial charge is 0.493 e. The number of nitrogens with two attached hydrogens (primary N) is 1. The Labute approximate surface area is 168 Å². The molecule has 1 unspecified atom stereocenters. The van der Waals surface area contributed by atoms with Crippen molar-refractivity contribution in [3.8, 4) is 11.5 Å². The number of anilines is 1. The van der Waals surface area contributed by atoms with Gasteiger partial charge in [0.15, 0.2) is 11.5 Å². The lowest BCUT2D eigenvalue weighted by atomic mass is 10.2. The van der Waals surface area contributed by atoms with Crippen molar-refractivity contribution in [2.45, 2.75) is 21.7 Å². The number of nitrogens with one attached hydrogen (secondary N) is 1. The molecular weight excluding hydrogens is 382 g/mol. The first-order valence-corrected chi connectivity index (χ1v) is 9.94. The Kier molecular flexibility index (Phi) is 8.30. The number of thioether (sulfide) groups is 1. The maximum atomic E-state index is 10.2. The summed E-state index contributed by atoms with van der Waals surface area (Å²) in [6.45, 7) is 0. The molecule has 0 saturated heterocycles. The van der Waals surface area contributed by atoms with Gasteiger partial charge in [-0.25, -0.2) is 0 Å². The van der Waals surface area contributed by atoms with Crippen molar-refractivity contribution < 1.29 is 14.3 Å². The first-order chi connectivity index (χ1) is 13.0. The molecule has 8 heteroatoms. The van der Waals surface area contributed by atoms with Crippen molar-refractivity contribution in [1.82, 2.24) is 4.31 Å². The van der Waals surface area contributed by atoms with Crippen LogP contribution in [0.3, 0.4) is 0 Å². The fraction of sp³-hybridized carbons (Fsp3) is 0.316. The Morgan fingerprint density at radius 3 is 2.37 bits per heavy atom. The summed E-state index contributed by atoms with van der Waals surface area (Å²) in [6.07, 6.45) is 1.43. The summed E-state index contributed by atoms with van der Waals surface area (Å²) >= 11 is 3.24. The van der Waals surface area contributed by atoms with Crippen molar-refractivity contribution in [2.75, 3.05) is 33.6 Å². The summed E-state index contributed by atoms with van der Waals surface area (Å²) in [5, 5.41) is 3.13. The lowest BCUT2D eigenvalue weighted by Gasteiger charge is -2.09. The monoisotopic (exact) mass is 407 g/mol. The Morgan fingerprint density at radius 1 is 1.19 bits per heavy atom. The molecular formula is C19H25N3O3S2. The molecule has 0 aliphatic carbocycles. The van der Waals surface area contributed by atoms with Gasteiger partial charge in [-0.05, 0) is 49.8 Å². The van der Waals surface area contributed by atoms with E-state index < -0.39 is 0 Å². The SMILES string of the molecule is CN(C)Sc1ccc(CC=O)cc1.COc1cc2c(cc1OC)SC(N)N2. The number of hydrogen-bond donors (Lipinski definition) is 2. The number of methoxy groups -OCH3 is 2. The van der Waals surface area contributed by atoms with E-state index in [-0.39, 0.29) is 5.50 Å². The number of fused-ring (bicyclic) bond motifs is 1. The molecule has 2 aromatic carbocycles. The van der Waals surface area contributed by atoms with Gasteiger partial charge in [-0.1, -0.05) is 23.9 Å². The predicted octanol–water partition coefficient (Wildman–Crippen LogP) is 3.46. The number of benzene rings is 2. The first kappa shape index (κ1) is 21.4. The first-order valence-electron chi connectivity index (χ1n) is 8.29. The summed E-state index contributed by atoms with van der Waals surface area (Å²) in [5.41, 5.74) is 7.72. The third-order valence-corrected chi connectivity index (χ3v) is 5.38. The third-order valence-electron chi connectivity index (χ3n) is 3.57. The number of ether oxygens (including phenoxy) is 2. The van der Waals surface area contributed by atoms with Gasteiger partial charge in [0.2, 0.25) is 0 Å². The van der Waals surface area contributed by atoms with Gasteiger partial charge in [-0.15, -0.1) is 0 Å². The molecule has 1 heterocycles. The van der Waals surface area contributed by atoms with Gasteiger partial charge in [0, 0.05) is 22.3 Å². The highest BCUT2D eigenvalue weighted by Gasteiger charge is 2.20. The molecule has 0 fully saturated rings. The quantitative estimate of drug-likeness (QED) is 0.557. The van der Waals surface area contributed by atoms with Crippen LogP contribution in [0.2, 0.25) is 0 Å². The fourth-order valence-corrected chi connectivity index (χ4v) is 3.94. The molecule has 0 aromatic heterocycles. The molecule has 0 radical (unpaired) electrons. The van der Waals surface area contributed by atoms with Crippen LogP contribution < -0.4 is 20.5 Å². The van der Waals surface area contributed by atoms with E-state index in [0.29, 0.717) is 12.2 Å². The van der Waals surface area contributed by atoms with E-state index in [0.717, 1.165) is 28.2 Å². The molecule has 0 bridgehead atoms. The smallest absolute Gasteiger partial charge is 0.162 e. The Hall–Kier alpha value is -1.87. The maximum Gasteiger partial charge on any atom is 0.162 e. The topological polar surface area (TPSA) is 76.8 Å². The number of carbonyl (C=O) groups is 1. The minimum atomic E-state index is -0.0817. The van der Waals surface area contributed by atoms with Crippen molar-refractivity contribution in [3.05, 3.63) is 42.0 Å². The summed E-state index contributed by atoms with van der Waals surface area (Å²) < 4.78 is 12.4. The van der Waals surface area contributed by atoms with Crippen LogP contribution in [0.25, 0.3) is 0 Å². The molecule has 0 amide bonds. The molecule has 0 saturated carbocycles. The summed E-state index contributed by atoms with van der Waals surface area (Å²) in [5.74, 6) is 1.45. The molecule has 1 atom stereocenters. The molecule has 0 spiro atoms. The van der Waals surface area contributed by atoms with Crippen LogP contribution in [-0.2, 0) is 11.2 Å². The molecule has 6 nitrogen and oxygen atoms in total. The van der Waals surface area contributed by atoms with E-state index in [1.807, 2.05) is 54.8 Å². The Morgan fingerprint density at radius 2 is 1.81 bits per heavy atom. The van der Waals surface area contributed by atoms with E-state index in [1.54, 1.807) is 37.9 Å². The van der Waals surface area contributed by atoms with Crippen LogP contribution in [-0.4, -0.2) is 44.4 Å². The molecule has 1 aliphatic rings. The van der Waals surface area contributed by atoms with Crippen LogP contribution >= 0.6 is 23.7 Å². The predicted molar refractivity (Wildman–Crippen MR) is 113 cm³/mol. The second-order valence-corrected chi connectivity index (χ2v) is 8.37. The summed E-state index contributed by atoms with van der Waals surface area (Å²) in [7, 11) is 7.25. The van der Waals surface area contributed by atoms with Crippen LogP contribution in [0.4, 0.5) is 5.69 Å². The van der Waals surface area contributed by atoms with E-state index in [2.05, 4.69) is 5.32 Å². The number of aldehydes is 1. The zero-order valence-corrected chi connectivity index (χ0v) is 17.5. The number of rotatable bonds is 6. The third kappa shape index (κ3) is 6.35. The second-order valence-electron chi connectivity index (χ2n) is 5.80. The number of nitrogens with zero attached hydrogens (tertiary/aromatic N) is 1. The van der Waals surface area contributed by atoms with E-state index in [9.17, 15) is 4.79 Å². The van der Waals surface area contributed by atoms with E-state index >= 15 is 0 Å². The minimum Gasteiger partial charge on any atom is -0.493 e. The van der Waals surface area contributed by atoms with Crippen molar-refractivity contribution in [3.63, 3.8) is 0 Å². The van der Waals surface area contributed by atoms with Gasteiger partial charge in [0.25, 0.3) is 0 Å². The van der Waals surface area contributed by atoms with Crippen LogP contribution in [0.1, 0.15) is 5.56 Å². The molecule has 3 N–H and O–H groups in total. The Bertz CT molecular complexity index is 722. The van der Waals surface area contributed by atoms with Crippen LogP contribution in [0, 0.1) is 0 Å². The Balaban J connectivity index is 0.000000194. The number of carbonyl (C=O) groups excluding carboxylic acids is 1. The lowest BCUT2D eigenvalue weighted by Crippen LogP contribution is -2.20. The highest BCUT2D eigenvalue weighted by atomic mass is 32.2. The van der Waals surface area contributed by atoms with E-state index in [4.69, 9.17) is 15.2 Å². The van der Waals surface area contributed by atoms with Crippen LogP contribution in [0.5, 0.6) is 11.5 Å². The normalized spacial score (nSPS) is 14.7. The maximum absolute atomic E-state index is 10.2. The molecule has 2 aromatic rings. The summed E-state index contributed by atoms with van der Waals surface area (Å²) in [6, 6.07) is 11.9. The highest BCUT2D eigenvalue weighted by molar-refractivity contribution is 8.00. The lowest BCUT2D eigenvalue weighted by molar-refractivity contribution is -0.107. The standard InChI is InChI=1S/C10H13NOS.C9H12N2O2S/c1-11(2)13-10-5-3-9(4-6-10)7-8-12;1-12-6-3-5-8(4-7(6)13-2)14-9(10)11-5/h3-6,8H,7H2,1-2H3;3-4,9,11H,10H2,1-2H3. The average Bonchev–Trinajstić information content (AvgIpc) is 3.01. The van der Waals surface area contributed by atoms with Crippen molar-refractivity contribution in [1.29, 1.82) is 0 Å². The zero-order chi connectivity index (χ0) is 19.8. The highest BCUT2D eigenvalue weighted by Crippen LogP contribution is 2.43. The van der Waals surface area contributed by atoms with Crippen molar-refractivity contribution in [2.24, 2.45) is 5.73 Å². The number of hydrogen-bond acceptors (Lipinski definition) is 8. The van der Waals surface area contributed by atoms with Gasteiger partial charge in [0.1, 0.15) is 11.8 Å². The molecule has 27 heavy (non-hydrogen) atoms.